The van der Waals surface area contributed by atoms with Crippen LogP contribution in [0.25, 0.3) is 10.2 Å². The molecule has 1 aliphatic rings. The largest absolute Gasteiger partial charge is 0.310 e. The molecule has 0 saturated heterocycles. The summed E-state index contributed by atoms with van der Waals surface area (Å²) < 4.78 is 57.0. The van der Waals surface area contributed by atoms with E-state index in [0.717, 1.165) is 43.1 Å². The van der Waals surface area contributed by atoms with E-state index in [1.54, 1.807) is 7.05 Å². The number of rotatable bonds is 6. The van der Waals surface area contributed by atoms with Crippen LogP contribution in [0.1, 0.15) is 36.0 Å². The first-order chi connectivity index (χ1) is 15.7. The van der Waals surface area contributed by atoms with E-state index in [1.807, 2.05) is 0 Å². The molecule has 0 atom stereocenters. The molecule has 3 aromatic rings. The van der Waals surface area contributed by atoms with E-state index in [0.29, 0.717) is 4.70 Å². The number of hydrogen-bond acceptors (Lipinski definition) is 4. The van der Waals surface area contributed by atoms with Crippen LogP contribution in [0.4, 0.5) is 8.78 Å². The highest BCUT2D eigenvalue weighted by Gasteiger charge is 2.30. The van der Waals surface area contributed by atoms with Crippen LogP contribution in [0.5, 0.6) is 0 Å². The van der Waals surface area contributed by atoms with Gasteiger partial charge in [0.15, 0.2) is 10.6 Å². The van der Waals surface area contributed by atoms with Gasteiger partial charge in [0.05, 0.1) is 15.1 Å². The first-order valence-electron chi connectivity index (χ1n) is 10.5. The molecule has 0 spiro atoms. The molecule has 0 unspecified atom stereocenters. The molecular weight excluding hydrogens is 468 g/mol. The van der Waals surface area contributed by atoms with Crippen molar-refractivity contribution in [1.29, 1.82) is 0 Å². The van der Waals surface area contributed by atoms with E-state index in [1.165, 1.54) is 45.3 Å². The lowest BCUT2D eigenvalue weighted by Gasteiger charge is -2.23. The number of carbonyl (C=O) groups is 1. The monoisotopic (exact) mass is 491 g/mol. The van der Waals surface area contributed by atoms with Crippen molar-refractivity contribution >= 4 is 37.5 Å². The highest BCUT2D eigenvalue weighted by atomic mass is 32.2. The maximum Gasteiger partial charge on any atom is 0.279 e. The summed E-state index contributed by atoms with van der Waals surface area (Å²) in [5.74, 6) is -2.09. The summed E-state index contributed by atoms with van der Waals surface area (Å²) in [5.41, 5.74) is 0.330. The molecule has 1 aliphatic carbocycles. The number of aromatic nitrogens is 1. The molecule has 1 saturated carbocycles. The lowest BCUT2D eigenvalue weighted by atomic mass is 10.2. The van der Waals surface area contributed by atoms with Crippen LogP contribution in [-0.4, -0.2) is 36.3 Å². The summed E-state index contributed by atoms with van der Waals surface area (Å²) in [6, 6.07) is 7.56. The highest BCUT2D eigenvalue weighted by Crippen LogP contribution is 2.27. The minimum Gasteiger partial charge on any atom is -0.310 e. The lowest BCUT2D eigenvalue weighted by Crippen LogP contribution is -2.35. The fraction of sp³-hybridized carbons (Fsp3) is 0.304. The predicted octanol–water partition coefficient (Wildman–Crippen LogP) is 4.47. The van der Waals surface area contributed by atoms with Crippen LogP contribution >= 0.6 is 11.3 Å². The molecule has 0 radical (unpaired) electrons. The van der Waals surface area contributed by atoms with E-state index < -0.39 is 27.6 Å². The van der Waals surface area contributed by atoms with Crippen LogP contribution in [0.2, 0.25) is 0 Å². The zero-order valence-electron chi connectivity index (χ0n) is 18.0. The molecule has 1 aromatic heterocycles. The summed E-state index contributed by atoms with van der Waals surface area (Å²) in [7, 11) is -2.08. The molecule has 1 amide bonds. The molecule has 4 rings (SSSR count). The zero-order chi connectivity index (χ0) is 23.8. The van der Waals surface area contributed by atoms with Crippen LogP contribution in [-0.2, 0) is 16.6 Å². The fourth-order valence-electron chi connectivity index (χ4n) is 4.06. The van der Waals surface area contributed by atoms with E-state index in [9.17, 15) is 22.0 Å². The average molecular weight is 492 g/mol. The lowest BCUT2D eigenvalue weighted by molar-refractivity contribution is 0.0997. The number of halogens is 2. The van der Waals surface area contributed by atoms with Crippen molar-refractivity contribution in [2.75, 3.05) is 7.05 Å². The van der Waals surface area contributed by atoms with Gasteiger partial charge in [0.25, 0.3) is 5.91 Å². The van der Waals surface area contributed by atoms with Crippen molar-refractivity contribution in [1.82, 2.24) is 8.87 Å². The number of hydrogen-bond donors (Lipinski definition) is 0. The third-order valence-electron chi connectivity index (χ3n) is 5.82. The Morgan fingerprint density at radius 1 is 1.24 bits per heavy atom. The minimum absolute atomic E-state index is 0.00944. The first-order valence-corrected chi connectivity index (χ1v) is 12.7. The second-order valence-corrected chi connectivity index (χ2v) is 10.9. The standard InChI is InChI=1S/C23H23F2N3O3S2/c1-3-12-28-21-19(25)13-16(24)14-20(21)32-23(28)26-22(29)15-8-10-18(11-9-15)33(30,31)27(2)17-6-4-5-7-17/h3,8-11,13-14,17H,1,4-7,12H2,2H3. The summed E-state index contributed by atoms with van der Waals surface area (Å²) in [6.45, 7) is 3.82. The molecule has 10 heteroatoms. The number of carbonyl (C=O) groups excluding carboxylic acids is 1. The van der Waals surface area contributed by atoms with Gasteiger partial charge in [-0.25, -0.2) is 17.2 Å². The van der Waals surface area contributed by atoms with Crippen molar-refractivity contribution in [3.63, 3.8) is 0 Å². The van der Waals surface area contributed by atoms with Gasteiger partial charge in [0, 0.05) is 31.3 Å². The van der Waals surface area contributed by atoms with Gasteiger partial charge in [-0.15, -0.1) is 6.58 Å². The summed E-state index contributed by atoms with van der Waals surface area (Å²) in [4.78, 5) is 17.2. The van der Waals surface area contributed by atoms with Gasteiger partial charge in [-0.1, -0.05) is 30.3 Å². The zero-order valence-corrected chi connectivity index (χ0v) is 19.6. The first kappa shape index (κ1) is 23.5. The number of amides is 1. The van der Waals surface area contributed by atoms with Crippen molar-refractivity contribution < 1.29 is 22.0 Å². The van der Waals surface area contributed by atoms with Crippen molar-refractivity contribution in [3.8, 4) is 0 Å². The predicted molar refractivity (Wildman–Crippen MR) is 123 cm³/mol. The van der Waals surface area contributed by atoms with E-state index >= 15 is 0 Å². The van der Waals surface area contributed by atoms with E-state index in [-0.39, 0.29) is 33.4 Å². The third kappa shape index (κ3) is 4.55. The number of sulfonamides is 1. The molecular formula is C23H23F2N3O3S2. The van der Waals surface area contributed by atoms with E-state index in [2.05, 4.69) is 11.6 Å². The molecule has 1 heterocycles. The van der Waals surface area contributed by atoms with Crippen LogP contribution in [0.15, 0.2) is 58.9 Å². The average Bonchev–Trinajstić information content (AvgIpc) is 3.42. The van der Waals surface area contributed by atoms with Crippen molar-refractivity contribution in [2.45, 2.75) is 43.2 Å². The molecule has 0 N–H and O–H groups in total. The fourth-order valence-corrected chi connectivity index (χ4v) is 6.56. The Labute approximate surface area is 194 Å². The van der Waals surface area contributed by atoms with Gasteiger partial charge in [-0.05, 0) is 43.2 Å². The summed E-state index contributed by atoms with van der Waals surface area (Å²) in [5, 5.41) is 0. The quantitative estimate of drug-likeness (QED) is 0.478. The van der Waals surface area contributed by atoms with Gasteiger partial charge >= 0.3 is 0 Å². The highest BCUT2D eigenvalue weighted by molar-refractivity contribution is 7.89. The Morgan fingerprint density at radius 3 is 2.55 bits per heavy atom. The number of allylic oxidation sites excluding steroid dienone is 1. The van der Waals surface area contributed by atoms with Gasteiger partial charge in [-0.3, -0.25) is 4.79 Å². The molecule has 1 fully saturated rings. The molecule has 174 valence electrons. The van der Waals surface area contributed by atoms with Gasteiger partial charge in [0.2, 0.25) is 10.0 Å². The maximum atomic E-state index is 14.4. The topological polar surface area (TPSA) is 71.7 Å². The van der Waals surface area contributed by atoms with Gasteiger partial charge < -0.3 is 4.57 Å². The molecule has 2 aromatic carbocycles. The van der Waals surface area contributed by atoms with Crippen LogP contribution in [0.3, 0.4) is 0 Å². The number of fused-ring (bicyclic) bond motifs is 1. The minimum atomic E-state index is -3.66. The van der Waals surface area contributed by atoms with E-state index in [4.69, 9.17) is 0 Å². The Balaban J connectivity index is 1.67. The Kier molecular flexibility index (Phi) is 6.60. The van der Waals surface area contributed by atoms with Crippen LogP contribution < -0.4 is 4.80 Å². The Bertz CT molecular complexity index is 1390. The van der Waals surface area contributed by atoms with Crippen molar-refractivity contribution in [2.24, 2.45) is 4.99 Å². The normalized spacial score (nSPS) is 15.6. The summed E-state index contributed by atoms with van der Waals surface area (Å²) in [6.07, 6.45) is 5.24. The smallest absolute Gasteiger partial charge is 0.279 e. The van der Waals surface area contributed by atoms with Gasteiger partial charge in [-0.2, -0.15) is 9.30 Å². The molecule has 33 heavy (non-hydrogen) atoms. The SMILES string of the molecule is C=CCn1c(=NC(=O)c2ccc(S(=O)(=O)N(C)C3CCCC3)cc2)sc2cc(F)cc(F)c21. The Morgan fingerprint density at radius 2 is 1.91 bits per heavy atom. The summed E-state index contributed by atoms with van der Waals surface area (Å²) >= 11 is 0.986. The van der Waals surface area contributed by atoms with Crippen LogP contribution in [0, 0.1) is 11.6 Å². The number of nitrogens with zero attached hydrogens (tertiary/aromatic N) is 3. The second kappa shape index (κ2) is 9.28. The number of benzene rings is 2. The Hall–Kier alpha value is -2.69. The maximum absolute atomic E-state index is 14.4. The molecule has 0 bridgehead atoms. The molecule has 0 aliphatic heterocycles. The van der Waals surface area contributed by atoms with Gasteiger partial charge in [0.1, 0.15) is 5.82 Å². The second-order valence-electron chi connectivity index (χ2n) is 7.92. The van der Waals surface area contributed by atoms with Crippen molar-refractivity contribution in [3.05, 3.63) is 71.1 Å². The molecule has 6 nitrogen and oxygen atoms in total. The third-order valence-corrected chi connectivity index (χ3v) is 8.77. The number of thiazole rings is 1.